The van der Waals surface area contributed by atoms with Gasteiger partial charge in [0.05, 0.1) is 12.2 Å². The highest BCUT2D eigenvalue weighted by Gasteiger charge is 2.30. The molecule has 4 rings (SSSR count). The molecular weight excluding hydrogens is 340 g/mol. The van der Waals surface area contributed by atoms with Crippen LogP contribution in [0, 0.1) is 5.92 Å². The molecule has 0 radical (unpaired) electrons. The molecule has 1 amide bonds. The Kier molecular flexibility index (Phi) is 5.66. The van der Waals surface area contributed by atoms with Gasteiger partial charge in [-0.05, 0) is 31.7 Å². The summed E-state index contributed by atoms with van der Waals surface area (Å²) in [5, 5.41) is 7.70. The number of nitrogens with one attached hydrogen (secondary N) is 1. The lowest BCUT2D eigenvalue weighted by Crippen LogP contribution is -2.28. The molecule has 27 heavy (non-hydrogen) atoms. The molecule has 1 atom stereocenters. The van der Waals surface area contributed by atoms with E-state index in [9.17, 15) is 4.79 Å². The van der Waals surface area contributed by atoms with Crippen molar-refractivity contribution in [1.82, 2.24) is 30.0 Å². The maximum atomic E-state index is 11.1. The van der Waals surface area contributed by atoms with E-state index in [2.05, 4.69) is 20.2 Å². The van der Waals surface area contributed by atoms with Gasteiger partial charge in [-0.25, -0.2) is 14.6 Å². The van der Waals surface area contributed by atoms with Crippen molar-refractivity contribution >= 4 is 17.1 Å². The number of carbonyl (C=O) groups excluding carboxylic acids is 1. The predicted molar refractivity (Wildman–Crippen MR) is 104 cm³/mol. The number of rotatable bonds is 6. The number of likely N-dealkylation sites (tertiary alicyclic amines) is 1. The fraction of sp³-hybridized carbons (Fsp3) is 0.700. The van der Waals surface area contributed by atoms with Gasteiger partial charge < -0.3 is 10.2 Å². The smallest absolute Gasteiger partial charge is 0.216 e. The molecule has 2 aliphatic rings. The zero-order valence-electron chi connectivity index (χ0n) is 16.2. The maximum absolute atomic E-state index is 11.1. The van der Waals surface area contributed by atoms with E-state index < -0.39 is 0 Å². The summed E-state index contributed by atoms with van der Waals surface area (Å²) >= 11 is 0. The second-order valence-corrected chi connectivity index (χ2v) is 8.07. The van der Waals surface area contributed by atoms with Gasteiger partial charge in [0.2, 0.25) is 5.91 Å². The van der Waals surface area contributed by atoms with Crippen LogP contribution in [0.5, 0.6) is 0 Å². The van der Waals surface area contributed by atoms with Crippen LogP contribution in [0.4, 0.5) is 0 Å². The van der Waals surface area contributed by atoms with Crippen molar-refractivity contribution in [2.24, 2.45) is 5.92 Å². The lowest BCUT2D eigenvalue weighted by Gasteiger charge is -2.26. The summed E-state index contributed by atoms with van der Waals surface area (Å²) in [6.45, 7) is 6.18. The van der Waals surface area contributed by atoms with Crippen LogP contribution in [0.1, 0.15) is 57.1 Å². The molecule has 1 saturated heterocycles. The molecule has 0 aromatic carbocycles. The van der Waals surface area contributed by atoms with Gasteiger partial charge in [-0.15, -0.1) is 0 Å². The summed E-state index contributed by atoms with van der Waals surface area (Å²) in [4.78, 5) is 22.8. The molecule has 7 heteroatoms. The normalized spacial score (nSPS) is 21.7. The van der Waals surface area contributed by atoms with Crippen LogP contribution in [0.3, 0.4) is 0 Å². The Bertz CT molecular complexity index is 782. The van der Waals surface area contributed by atoms with Crippen LogP contribution >= 0.6 is 0 Å². The average molecular weight is 371 g/mol. The van der Waals surface area contributed by atoms with Gasteiger partial charge in [0, 0.05) is 44.9 Å². The van der Waals surface area contributed by atoms with Crippen molar-refractivity contribution in [2.45, 2.75) is 57.9 Å². The molecular formula is C20H30N6O. The van der Waals surface area contributed by atoms with Crippen LogP contribution in [0.15, 0.2) is 12.4 Å². The standard InChI is InChI=1S/C20H30N6O/c1-15(27)21-10-12-26-20-19(22-8-9-23-20)18(24-26)17-7-11-25(14-17)13-16-5-3-2-4-6-16/h8-9,16-17H,2-7,10-14H2,1H3,(H,21,27)/t17-/m1/s1. The second-order valence-electron chi connectivity index (χ2n) is 8.07. The zero-order valence-corrected chi connectivity index (χ0v) is 16.2. The predicted octanol–water partition coefficient (Wildman–Crippen LogP) is 2.33. The molecule has 1 N–H and O–H groups in total. The number of nitrogens with zero attached hydrogens (tertiary/aromatic N) is 5. The first-order valence-corrected chi connectivity index (χ1v) is 10.3. The van der Waals surface area contributed by atoms with E-state index in [1.54, 1.807) is 12.4 Å². The molecule has 1 aliphatic carbocycles. The van der Waals surface area contributed by atoms with Crippen molar-refractivity contribution in [3.63, 3.8) is 0 Å². The van der Waals surface area contributed by atoms with Crippen molar-refractivity contribution < 1.29 is 4.79 Å². The van der Waals surface area contributed by atoms with Crippen molar-refractivity contribution in [3.05, 3.63) is 18.1 Å². The molecule has 3 heterocycles. The van der Waals surface area contributed by atoms with Gasteiger partial charge in [0.1, 0.15) is 5.52 Å². The quantitative estimate of drug-likeness (QED) is 0.845. The monoisotopic (exact) mass is 370 g/mol. The summed E-state index contributed by atoms with van der Waals surface area (Å²) in [5.41, 5.74) is 2.82. The van der Waals surface area contributed by atoms with Gasteiger partial charge in [-0.3, -0.25) is 4.79 Å². The third-order valence-electron chi connectivity index (χ3n) is 5.99. The van der Waals surface area contributed by atoms with Gasteiger partial charge in [-0.2, -0.15) is 5.10 Å². The van der Waals surface area contributed by atoms with Gasteiger partial charge in [0.15, 0.2) is 5.65 Å². The molecule has 7 nitrogen and oxygen atoms in total. The average Bonchev–Trinajstić information content (AvgIpc) is 3.27. The number of hydrogen-bond acceptors (Lipinski definition) is 5. The minimum absolute atomic E-state index is 0.0214. The Morgan fingerprint density at radius 1 is 1.19 bits per heavy atom. The van der Waals surface area contributed by atoms with Crippen molar-refractivity contribution in [1.29, 1.82) is 0 Å². The lowest BCUT2D eigenvalue weighted by molar-refractivity contribution is -0.118. The third-order valence-corrected chi connectivity index (χ3v) is 5.99. The van der Waals surface area contributed by atoms with E-state index in [1.165, 1.54) is 45.6 Å². The zero-order chi connectivity index (χ0) is 18.6. The summed E-state index contributed by atoms with van der Waals surface area (Å²) < 4.78 is 1.90. The summed E-state index contributed by atoms with van der Waals surface area (Å²) in [6.07, 6.45) is 11.6. The summed E-state index contributed by atoms with van der Waals surface area (Å²) in [6, 6.07) is 0. The fourth-order valence-corrected chi connectivity index (χ4v) is 4.65. The Balaban J connectivity index is 1.46. The molecule has 146 valence electrons. The molecule has 2 aromatic heterocycles. The molecule has 1 saturated carbocycles. The maximum Gasteiger partial charge on any atom is 0.216 e. The lowest BCUT2D eigenvalue weighted by atomic mass is 9.89. The van der Waals surface area contributed by atoms with Crippen LogP contribution in [0.25, 0.3) is 11.2 Å². The number of fused-ring (bicyclic) bond motifs is 1. The highest BCUT2D eigenvalue weighted by Crippen LogP contribution is 2.32. The van der Waals surface area contributed by atoms with E-state index in [4.69, 9.17) is 5.10 Å². The Labute approximate surface area is 160 Å². The van der Waals surface area contributed by atoms with Crippen molar-refractivity contribution in [3.8, 4) is 0 Å². The number of aromatic nitrogens is 4. The van der Waals surface area contributed by atoms with E-state index in [0.29, 0.717) is 19.0 Å². The SMILES string of the molecule is CC(=O)NCCn1nc([C@@H]2CCN(CC3CCCCC3)C2)c2nccnc21. The second kappa shape index (κ2) is 8.33. The van der Waals surface area contributed by atoms with Gasteiger partial charge in [0.25, 0.3) is 0 Å². The number of hydrogen-bond donors (Lipinski definition) is 1. The largest absolute Gasteiger partial charge is 0.354 e. The van der Waals surface area contributed by atoms with Crippen molar-refractivity contribution in [2.75, 3.05) is 26.2 Å². The topological polar surface area (TPSA) is 75.9 Å². The molecule has 0 bridgehead atoms. The first kappa shape index (κ1) is 18.3. The number of amides is 1. The molecule has 0 unspecified atom stereocenters. The van der Waals surface area contributed by atoms with E-state index >= 15 is 0 Å². The first-order chi connectivity index (χ1) is 13.2. The van der Waals surface area contributed by atoms with E-state index in [-0.39, 0.29) is 5.91 Å². The summed E-state index contributed by atoms with van der Waals surface area (Å²) in [5.74, 6) is 1.28. The highest BCUT2D eigenvalue weighted by molar-refractivity contribution is 5.74. The molecule has 2 fully saturated rings. The van der Waals surface area contributed by atoms with Crippen LogP contribution in [-0.4, -0.2) is 56.7 Å². The Hall–Kier alpha value is -2.02. The Morgan fingerprint density at radius 2 is 2.00 bits per heavy atom. The third kappa shape index (κ3) is 4.29. The molecule has 1 aliphatic heterocycles. The van der Waals surface area contributed by atoms with Crippen LogP contribution < -0.4 is 5.32 Å². The number of carbonyl (C=O) groups is 1. The minimum atomic E-state index is -0.0214. The first-order valence-electron chi connectivity index (χ1n) is 10.3. The van der Waals surface area contributed by atoms with Crippen LogP contribution in [-0.2, 0) is 11.3 Å². The fourth-order valence-electron chi connectivity index (χ4n) is 4.65. The summed E-state index contributed by atoms with van der Waals surface area (Å²) in [7, 11) is 0. The Morgan fingerprint density at radius 3 is 2.81 bits per heavy atom. The van der Waals surface area contributed by atoms with Crippen LogP contribution in [0.2, 0.25) is 0 Å². The molecule has 0 spiro atoms. The van der Waals surface area contributed by atoms with Gasteiger partial charge in [-0.1, -0.05) is 19.3 Å². The van der Waals surface area contributed by atoms with E-state index in [0.717, 1.165) is 42.3 Å². The highest BCUT2D eigenvalue weighted by atomic mass is 16.1. The van der Waals surface area contributed by atoms with Gasteiger partial charge >= 0.3 is 0 Å². The minimum Gasteiger partial charge on any atom is -0.354 e. The van der Waals surface area contributed by atoms with E-state index in [1.807, 2.05) is 4.68 Å². The molecule has 2 aromatic rings.